The number of fused-ring (bicyclic) bond motifs is 2. The van der Waals surface area contributed by atoms with Gasteiger partial charge in [0.2, 0.25) is 0 Å². The first kappa shape index (κ1) is 22.6. The van der Waals surface area contributed by atoms with Crippen molar-refractivity contribution in [1.82, 2.24) is 19.1 Å². The van der Waals surface area contributed by atoms with Crippen molar-refractivity contribution < 1.29 is 27.0 Å². The lowest BCUT2D eigenvalue weighted by Gasteiger charge is -2.28. The third-order valence-corrected chi connectivity index (χ3v) is 5.61. The molecule has 0 saturated heterocycles. The van der Waals surface area contributed by atoms with Gasteiger partial charge in [-0.3, -0.25) is 4.57 Å². The molecule has 35 heavy (non-hydrogen) atoms. The highest BCUT2D eigenvalue weighted by molar-refractivity contribution is 5.86. The summed E-state index contributed by atoms with van der Waals surface area (Å²) in [5, 5.41) is 7.78. The fourth-order valence-electron chi connectivity index (χ4n) is 4.20. The summed E-state index contributed by atoms with van der Waals surface area (Å²) in [7, 11) is 0. The van der Waals surface area contributed by atoms with Crippen molar-refractivity contribution in [3.8, 4) is 11.5 Å². The van der Waals surface area contributed by atoms with Crippen LogP contribution in [0.2, 0.25) is 0 Å². The van der Waals surface area contributed by atoms with Crippen molar-refractivity contribution in [1.29, 1.82) is 5.41 Å². The lowest BCUT2D eigenvalue weighted by atomic mass is 10.00. The third kappa shape index (κ3) is 4.22. The zero-order valence-corrected chi connectivity index (χ0v) is 18.3. The Bertz CT molecular complexity index is 1460. The van der Waals surface area contributed by atoms with E-state index in [9.17, 15) is 17.6 Å². The van der Waals surface area contributed by atoms with Gasteiger partial charge in [0.1, 0.15) is 29.9 Å². The molecule has 8 nitrogen and oxygen atoms in total. The molecular weight excluding hydrogens is 468 g/mol. The molecule has 0 aliphatic carbocycles. The van der Waals surface area contributed by atoms with Gasteiger partial charge in [-0.25, -0.2) is 19.4 Å². The number of nitrogens with zero attached hydrogens (tertiary/aromatic N) is 5. The molecule has 0 fully saturated rings. The lowest BCUT2D eigenvalue weighted by Crippen LogP contribution is -2.21. The summed E-state index contributed by atoms with van der Waals surface area (Å²) in [5.74, 6) is 0.213. The largest absolute Gasteiger partial charge is 0.573 e. The second kappa shape index (κ2) is 8.53. The molecule has 2 aromatic carbocycles. The van der Waals surface area contributed by atoms with Crippen LogP contribution in [0.15, 0.2) is 47.7 Å². The number of hydrogen-bond acceptors (Lipinski definition) is 6. The quantitative estimate of drug-likeness (QED) is 0.240. The van der Waals surface area contributed by atoms with Crippen LogP contribution in [0.5, 0.6) is 11.5 Å². The number of aryl methyl sites for hydroxylation is 1. The van der Waals surface area contributed by atoms with E-state index in [1.165, 1.54) is 41.5 Å². The van der Waals surface area contributed by atoms with Crippen LogP contribution in [0.1, 0.15) is 29.5 Å². The summed E-state index contributed by atoms with van der Waals surface area (Å²) in [6, 6.07) is 8.15. The van der Waals surface area contributed by atoms with Crippen molar-refractivity contribution in [3.63, 3.8) is 0 Å². The second-order valence-corrected chi connectivity index (χ2v) is 7.79. The fraction of sp³-hybridized carbons (Fsp3) is 0.217. The van der Waals surface area contributed by atoms with Crippen LogP contribution in [-0.4, -0.2) is 44.6 Å². The number of ether oxygens (including phenoxy) is 2. The van der Waals surface area contributed by atoms with Crippen LogP contribution in [0.25, 0.3) is 11.0 Å². The molecule has 5 rings (SSSR count). The SMILES string of the molecule is Cc1nc(C=N)c(N=Cn2cnc3ccc(OC(F)(F)F)cc32)n1C1CCOc2c(F)cccc21. The topological polar surface area (TPSA) is 90.3 Å². The van der Waals surface area contributed by atoms with E-state index in [0.29, 0.717) is 34.7 Å². The number of nitrogens with one attached hydrogen (secondary N) is 1. The smallest absolute Gasteiger partial charge is 0.490 e. The highest BCUT2D eigenvalue weighted by Gasteiger charge is 2.31. The highest BCUT2D eigenvalue weighted by atomic mass is 19.4. The summed E-state index contributed by atoms with van der Waals surface area (Å²) in [6.07, 6.45) is -0.460. The number of rotatable bonds is 5. The Morgan fingerprint density at radius 1 is 1.26 bits per heavy atom. The lowest BCUT2D eigenvalue weighted by molar-refractivity contribution is -0.274. The Morgan fingerprint density at radius 3 is 2.86 bits per heavy atom. The predicted molar refractivity (Wildman–Crippen MR) is 119 cm³/mol. The first-order valence-corrected chi connectivity index (χ1v) is 10.5. The third-order valence-electron chi connectivity index (χ3n) is 5.61. The van der Waals surface area contributed by atoms with Gasteiger partial charge in [-0.15, -0.1) is 13.2 Å². The number of aliphatic imine (C=N–C) groups is 1. The van der Waals surface area contributed by atoms with Gasteiger partial charge < -0.3 is 19.5 Å². The summed E-state index contributed by atoms with van der Waals surface area (Å²) < 4.78 is 65.0. The molecule has 3 heterocycles. The van der Waals surface area contributed by atoms with Crippen LogP contribution in [0, 0.1) is 18.2 Å². The molecule has 2 aromatic heterocycles. The van der Waals surface area contributed by atoms with E-state index in [1.807, 2.05) is 0 Å². The summed E-state index contributed by atoms with van der Waals surface area (Å²) >= 11 is 0. The minimum atomic E-state index is -4.82. The molecule has 1 N–H and O–H groups in total. The van der Waals surface area contributed by atoms with Crippen molar-refractivity contribution in [2.75, 3.05) is 6.61 Å². The Morgan fingerprint density at radius 2 is 2.09 bits per heavy atom. The monoisotopic (exact) mass is 486 g/mol. The molecule has 1 aliphatic rings. The molecule has 0 radical (unpaired) electrons. The van der Waals surface area contributed by atoms with Crippen molar-refractivity contribution >= 4 is 29.4 Å². The van der Waals surface area contributed by atoms with Crippen molar-refractivity contribution in [3.05, 3.63) is 65.6 Å². The summed E-state index contributed by atoms with van der Waals surface area (Å²) in [6.45, 7) is 2.04. The molecule has 0 amide bonds. The Hall–Kier alpha value is -4.22. The van der Waals surface area contributed by atoms with E-state index < -0.39 is 12.2 Å². The predicted octanol–water partition coefficient (Wildman–Crippen LogP) is 5.16. The molecule has 4 aromatic rings. The fourth-order valence-corrected chi connectivity index (χ4v) is 4.20. The summed E-state index contributed by atoms with van der Waals surface area (Å²) in [4.78, 5) is 13.1. The average molecular weight is 486 g/mol. The Balaban J connectivity index is 1.57. The van der Waals surface area contributed by atoms with Crippen LogP contribution in [-0.2, 0) is 0 Å². The maximum atomic E-state index is 14.3. The Kier molecular flexibility index (Phi) is 5.50. The van der Waals surface area contributed by atoms with E-state index in [4.69, 9.17) is 10.1 Å². The maximum absolute atomic E-state index is 14.3. The number of aromatic nitrogens is 4. The molecule has 1 aliphatic heterocycles. The maximum Gasteiger partial charge on any atom is 0.573 e. The number of para-hydroxylation sites is 1. The van der Waals surface area contributed by atoms with Crippen molar-refractivity contribution in [2.24, 2.45) is 4.99 Å². The van der Waals surface area contributed by atoms with Gasteiger partial charge in [0.25, 0.3) is 0 Å². The van der Waals surface area contributed by atoms with E-state index in [2.05, 4.69) is 19.7 Å². The van der Waals surface area contributed by atoms with Gasteiger partial charge in [-0.2, -0.15) is 0 Å². The van der Waals surface area contributed by atoms with E-state index in [1.54, 1.807) is 23.6 Å². The first-order valence-electron chi connectivity index (χ1n) is 10.5. The number of alkyl halides is 3. The molecule has 12 heteroatoms. The number of imidazole rings is 2. The molecule has 0 saturated carbocycles. The number of hydrogen-bond donors (Lipinski definition) is 1. The van der Waals surface area contributed by atoms with Gasteiger partial charge in [0.15, 0.2) is 17.4 Å². The molecule has 0 spiro atoms. The number of benzene rings is 2. The van der Waals surface area contributed by atoms with E-state index >= 15 is 0 Å². The van der Waals surface area contributed by atoms with Crippen LogP contribution in [0.3, 0.4) is 0 Å². The van der Waals surface area contributed by atoms with Gasteiger partial charge >= 0.3 is 6.36 Å². The van der Waals surface area contributed by atoms with Crippen LogP contribution < -0.4 is 9.47 Å². The highest BCUT2D eigenvalue weighted by Crippen LogP contribution is 2.40. The van der Waals surface area contributed by atoms with Crippen molar-refractivity contribution in [2.45, 2.75) is 25.7 Å². The van der Waals surface area contributed by atoms with Crippen LogP contribution in [0.4, 0.5) is 23.4 Å². The van der Waals surface area contributed by atoms with Gasteiger partial charge in [0, 0.05) is 24.3 Å². The molecule has 1 atom stereocenters. The standard InChI is InChI=1S/C23H18F4N6O2/c1-13-31-18(10-28)22(33(13)19-7-8-34-21-15(19)3-2-4-16(21)24)30-12-32-11-29-17-6-5-14(9-20(17)32)35-23(25,26)27/h2-6,9-12,19,28H,7-8H2,1H3. The Labute approximate surface area is 196 Å². The van der Waals surface area contributed by atoms with Gasteiger partial charge in [-0.1, -0.05) is 12.1 Å². The zero-order valence-electron chi connectivity index (χ0n) is 18.3. The van der Waals surface area contributed by atoms with E-state index in [0.717, 1.165) is 6.21 Å². The molecule has 180 valence electrons. The number of halogens is 4. The van der Waals surface area contributed by atoms with E-state index in [-0.39, 0.29) is 29.8 Å². The molecule has 0 bridgehead atoms. The summed E-state index contributed by atoms with van der Waals surface area (Å²) in [5.41, 5.74) is 1.70. The average Bonchev–Trinajstić information content (AvgIpc) is 3.36. The molecular formula is C23H18F4N6O2. The minimum Gasteiger partial charge on any atom is -0.490 e. The van der Waals surface area contributed by atoms with Crippen LogP contribution >= 0.6 is 0 Å². The normalized spacial score (nSPS) is 15.9. The van der Waals surface area contributed by atoms with Gasteiger partial charge in [0.05, 0.1) is 23.7 Å². The molecule has 1 unspecified atom stereocenters. The van der Waals surface area contributed by atoms with Gasteiger partial charge in [-0.05, 0) is 25.1 Å². The minimum absolute atomic E-state index is 0.168. The zero-order chi connectivity index (χ0) is 24.7. The first-order chi connectivity index (χ1) is 16.7. The second-order valence-electron chi connectivity index (χ2n) is 7.79.